The highest BCUT2D eigenvalue weighted by Crippen LogP contribution is 2.21. The fourth-order valence-electron chi connectivity index (χ4n) is 1.65. The van der Waals surface area contributed by atoms with E-state index in [2.05, 4.69) is 15.3 Å². The molecular weight excluding hydrogens is 269 g/mol. The van der Waals surface area contributed by atoms with Gasteiger partial charge >= 0.3 is 0 Å². The van der Waals surface area contributed by atoms with Crippen LogP contribution in [0.3, 0.4) is 0 Å². The first-order chi connectivity index (χ1) is 9.11. The molecule has 0 saturated heterocycles. The standard InChI is InChI=1S/C13H13ClFN3O/c1-8-12(17-7-18-13(8)19-2)16-6-9-3-4-11(15)10(14)5-9/h3-5,7H,6H2,1-2H3,(H,16,17,18). The van der Waals surface area contributed by atoms with Crippen LogP contribution < -0.4 is 10.1 Å². The Hall–Kier alpha value is -1.88. The van der Waals surface area contributed by atoms with Crippen LogP contribution in [0.15, 0.2) is 24.5 Å². The Balaban J connectivity index is 2.12. The zero-order valence-corrected chi connectivity index (χ0v) is 11.3. The van der Waals surface area contributed by atoms with E-state index in [0.717, 1.165) is 11.1 Å². The van der Waals surface area contributed by atoms with E-state index in [1.807, 2.05) is 6.92 Å². The summed E-state index contributed by atoms with van der Waals surface area (Å²) in [4.78, 5) is 8.13. The zero-order valence-electron chi connectivity index (χ0n) is 10.6. The Labute approximate surface area is 115 Å². The Bertz CT molecular complexity index is 592. The highest BCUT2D eigenvalue weighted by Gasteiger charge is 2.07. The third kappa shape index (κ3) is 3.12. The SMILES string of the molecule is COc1ncnc(NCc2ccc(F)c(Cl)c2)c1C. The average Bonchev–Trinajstić information content (AvgIpc) is 2.41. The fraction of sp³-hybridized carbons (Fsp3) is 0.231. The first-order valence-electron chi connectivity index (χ1n) is 5.65. The van der Waals surface area contributed by atoms with Gasteiger partial charge in [0.15, 0.2) is 0 Å². The van der Waals surface area contributed by atoms with Crippen LogP contribution in [0.4, 0.5) is 10.2 Å². The highest BCUT2D eigenvalue weighted by atomic mass is 35.5. The summed E-state index contributed by atoms with van der Waals surface area (Å²) in [6, 6.07) is 4.59. The van der Waals surface area contributed by atoms with Crippen LogP contribution in [-0.2, 0) is 6.54 Å². The molecule has 4 nitrogen and oxygen atoms in total. The number of hydrogen-bond donors (Lipinski definition) is 1. The smallest absolute Gasteiger partial charge is 0.221 e. The van der Waals surface area contributed by atoms with Gasteiger partial charge in [-0.05, 0) is 24.6 Å². The highest BCUT2D eigenvalue weighted by molar-refractivity contribution is 6.30. The number of nitrogens with zero attached hydrogens (tertiary/aromatic N) is 2. The van der Waals surface area contributed by atoms with Gasteiger partial charge in [-0.25, -0.2) is 14.4 Å². The Morgan fingerprint density at radius 1 is 1.37 bits per heavy atom. The number of rotatable bonds is 4. The first kappa shape index (κ1) is 13.5. The molecule has 0 aliphatic rings. The van der Waals surface area contributed by atoms with Crippen molar-refractivity contribution in [3.63, 3.8) is 0 Å². The normalized spacial score (nSPS) is 10.3. The lowest BCUT2D eigenvalue weighted by Gasteiger charge is -2.10. The number of ether oxygens (including phenoxy) is 1. The number of halogens is 2. The molecule has 19 heavy (non-hydrogen) atoms. The maximum absolute atomic E-state index is 13.0. The molecule has 0 fully saturated rings. The van der Waals surface area contributed by atoms with Gasteiger partial charge in [0.05, 0.1) is 17.7 Å². The molecule has 0 spiro atoms. The largest absolute Gasteiger partial charge is 0.481 e. The average molecular weight is 282 g/mol. The third-order valence-corrected chi connectivity index (χ3v) is 2.96. The number of anilines is 1. The summed E-state index contributed by atoms with van der Waals surface area (Å²) in [6.45, 7) is 2.35. The van der Waals surface area contributed by atoms with Gasteiger partial charge in [-0.2, -0.15) is 0 Å². The van der Waals surface area contributed by atoms with Crippen LogP contribution in [0.5, 0.6) is 5.88 Å². The second kappa shape index (κ2) is 5.84. The van der Waals surface area contributed by atoms with E-state index in [1.165, 1.54) is 12.4 Å². The Morgan fingerprint density at radius 3 is 2.84 bits per heavy atom. The van der Waals surface area contributed by atoms with Gasteiger partial charge in [-0.3, -0.25) is 0 Å². The minimum absolute atomic E-state index is 0.108. The number of methoxy groups -OCH3 is 1. The molecule has 6 heteroatoms. The van der Waals surface area contributed by atoms with Gasteiger partial charge in [0.2, 0.25) is 5.88 Å². The van der Waals surface area contributed by atoms with Gasteiger partial charge in [-0.1, -0.05) is 17.7 Å². The summed E-state index contributed by atoms with van der Waals surface area (Å²) < 4.78 is 18.1. The second-order valence-electron chi connectivity index (χ2n) is 3.96. The van der Waals surface area contributed by atoms with E-state index in [0.29, 0.717) is 18.2 Å². The third-order valence-electron chi connectivity index (χ3n) is 2.68. The number of nitrogens with one attached hydrogen (secondary N) is 1. The van der Waals surface area contributed by atoms with Crippen LogP contribution in [-0.4, -0.2) is 17.1 Å². The molecule has 100 valence electrons. The van der Waals surface area contributed by atoms with Crippen molar-refractivity contribution in [3.05, 3.63) is 46.5 Å². The van der Waals surface area contributed by atoms with Gasteiger partial charge < -0.3 is 10.1 Å². The van der Waals surface area contributed by atoms with E-state index >= 15 is 0 Å². The predicted octanol–water partition coefficient (Wildman–Crippen LogP) is 3.20. The van der Waals surface area contributed by atoms with E-state index < -0.39 is 5.82 Å². The van der Waals surface area contributed by atoms with Crippen molar-refractivity contribution in [3.8, 4) is 5.88 Å². The molecule has 0 aliphatic heterocycles. The van der Waals surface area contributed by atoms with E-state index in [9.17, 15) is 4.39 Å². The molecular formula is C13H13ClFN3O. The molecule has 1 aromatic heterocycles. The van der Waals surface area contributed by atoms with Crippen molar-refractivity contribution in [1.82, 2.24) is 9.97 Å². The topological polar surface area (TPSA) is 47.0 Å². The van der Waals surface area contributed by atoms with E-state index in [4.69, 9.17) is 16.3 Å². The molecule has 0 bridgehead atoms. The maximum Gasteiger partial charge on any atom is 0.221 e. The Morgan fingerprint density at radius 2 is 2.16 bits per heavy atom. The molecule has 1 N–H and O–H groups in total. The second-order valence-corrected chi connectivity index (χ2v) is 4.37. The Kier molecular flexibility index (Phi) is 4.16. The van der Waals surface area contributed by atoms with Gasteiger partial charge in [0.1, 0.15) is 18.0 Å². The quantitative estimate of drug-likeness (QED) is 0.935. The van der Waals surface area contributed by atoms with Crippen LogP contribution in [0.25, 0.3) is 0 Å². The summed E-state index contributed by atoms with van der Waals surface area (Å²) in [6.07, 6.45) is 1.42. The number of benzene rings is 1. The lowest BCUT2D eigenvalue weighted by Crippen LogP contribution is -2.05. The van der Waals surface area contributed by atoms with Gasteiger partial charge in [0, 0.05) is 6.54 Å². The summed E-state index contributed by atoms with van der Waals surface area (Å²) in [5, 5.41) is 3.25. The predicted molar refractivity (Wildman–Crippen MR) is 72.1 cm³/mol. The lowest BCUT2D eigenvalue weighted by atomic mass is 10.2. The number of aromatic nitrogens is 2. The van der Waals surface area contributed by atoms with Crippen molar-refractivity contribution in [1.29, 1.82) is 0 Å². The van der Waals surface area contributed by atoms with Crippen molar-refractivity contribution in [2.24, 2.45) is 0 Å². The molecule has 0 atom stereocenters. The van der Waals surface area contributed by atoms with Gasteiger partial charge in [-0.15, -0.1) is 0 Å². The van der Waals surface area contributed by atoms with Gasteiger partial charge in [0.25, 0.3) is 0 Å². The minimum Gasteiger partial charge on any atom is -0.481 e. The molecule has 0 saturated carbocycles. The minimum atomic E-state index is -0.426. The van der Waals surface area contributed by atoms with Crippen molar-refractivity contribution in [2.75, 3.05) is 12.4 Å². The summed E-state index contributed by atoms with van der Waals surface area (Å²) in [7, 11) is 1.55. The van der Waals surface area contributed by atoms with E-state index in [-0.39, 0.29) is 5.02 Å². The fourth-order valence-corrected chi connectivity index (χ4v) is 1.86. The lowest BCUT2D eigenvalue weighted by molar-refractivity contribution is 0.393. The molecule has 0 radical (unpaired) electrons. The molecule has 2 aromatic rings. The van der Waals surface area contributed by atoms with Crippen molar-refractivity contribution in [2.45, 2.75) is 13.5 Å². The van der Waals surface area contributed by atoms with Crippen molar-refractivity contribution >= 4 is 17.4 Å². The van der Waals surface area contributed by atoms with Crippen molar-refractivity contribution < 1.29 is 9.13 Å². The molecule has 1 heterocycles. The molecule has 0 aliphatic carbocycles. The van der Waals surface area contributed by atoms with Crippen LogP contribution in [0, 0.1) is 12.7 Å². The zero-order chi connectivity index (χ0) is 13.8. The first-order valence-corrected chi connectivity index (χ1v) is 6.03. The summed E-state index contributed by atoms with van der Waals surface area (Å²) in [5.74, 6) is 0.771. The summed E-state index contributed by atoms with van der Waals surface area (Å²) >= 11 is 5.73. The van der Waals surface area contributed by atoms with Crippen LogP contribution >= 0.6 is 11.6 Å². The summed E-state index contributed by atoms with van der Waals surface area (Å²) in [5.41, 5.74) is 1.68. The molecule has 2 rings (SSSR count). The molecule has 0 amide bonds. The van der Waals surface area contributed by atoms with E-state index in [1.54, 1.807) is 19.2 Å². The maximum atomic E-state index is 13.0. The monoisotopic (exact) mass is 281 g/mol. The molecule has 1 aromatic carbocycles. The number of hydrogen-bond acceptors (Lipinski definition) is 4. The molecule has 0 unspecified atom stereocenters. The van der Waals surface area contributed by atoms with Crippen LogP contribution in [0.2, 0.25) is 5.02 Å². The van der Waals surface area contributed by atoms with Crippen LogP contribution in [0.1, 0.15) is 11.1 Å².